The summed E-state index contributed by atoms with van der Waals surface area (Å²) >= 11 is 5.94. The fraction of sp³-hybridized carbons (Fsp3) is 0.455. The molecule has 2 N–H and O–H groups in total. The molecule has 0 fully saturated rings. The molecule has 1 heterocycles. The van der Waals surface area contributed by atoms with Gasteiger partial charge in [0, 0.05) is 12.7 Å². The number of anilines is 1. The van der Waals surface area contributed by atoms with Gasteiger partial charge in [-0.1, -0.05) is 25.4 Å². The van der Waals surface area contributed by atoms with Crippen molar-refractivity contribution in [3.05, 3.63) is 22.8 Å². The van der Waals surface area contributed by atoms with E-state index in [4.69, 9.17) is 16.9 Å². The van der Waals surface area contributed by atoms with Crippen molar-refractivity contribution >= 4 is 17.4 Å². The molecule has 4 nitrogen and oxygen atoms in total. The lowest BCUT2D eigenvalue weighted by molar-refractivity contribution is 0.138. The third kappa shape index (κ3) is 3.09. The lowest BCUT2D eigenvalue weighted by Crippen LogP contribution is -2.25. The van der Waals surface area contributed by atoms with E-state index in [0.717, 1.165) is 0 Å². The Hall–Kier alpha value is -1.31. The van der Waals surface area contributed by atoms with E-state index in [2.05, 4.69) is 10.3 Å². The minimum Gasteiger partial charge on any atom is -0.391 e. The van der Waals surface area contributed by atoms with Gasteiger partial charge in [0.05, 0.1) is 11.7 Å². The summed E-state index contributed by atoms with van der Waals surface area (Å²) in [6.45, 7) is 4.21. The zero-order valence-corrected chi connectivity index (χ0v) is 9.99. The molecule has 0 aliphatic heterocycles. The Labute approximate surface area is 99.9 Å². The van der Waals surface area contributed by atoms with Gasteiger partial charge < -0.3 is 10.4 Å². The summed E-state index contributed by atoms with van der Waals surface area (Å²) in [7, 11) is 0. The number of nitrogens with one attached hydrogen (secondary N) is 1. The Bertz CT molecular complexity index is 401. The van der Waals surface area contributed by atoms with Crippen LogP contribution in [0, 0.1) is 17.2 Å². The van der Waals surface area contributed by atoms with Crippen molar-refractivity contribution < 1.29 is 5.11 Å². The molecule has 0 aromatic carbocycles. The fourth-order valence-corrected chi connectivity index (χ4v) is 1.31. The SMILES string of the molecule is CC(C)C(O)CNc1nccc(C#N)c1Cl. The minimum absolute atomic E-state index is 0.158. The van der Waals surface area contributed by atoms with Gasteiger partial charge in [0.25, 0.3) is 0 Å². The number of nitrogens with zero attached hydrogens (tertiary/aromatic N) is 2. The lowest BCUT2D eigenvalue weighted by atomic mass is 10.1. The summed E-state index contributed by atoms with van der Waals surface area (Å²) in [5.74, 6) is 0.589. The fourth-order valence-electron chi connectivity index (χ4n) is 1.09. The van der Waals surface area contributed by atoms with Crippen molar-refractivity contribution in [1.82, 2.24) is 4.98 Å². The second-order valence-corrected chi connectivity index (χ2v) is 4.20. The van der Waals surface area contributed by atoms with E-state index in [1.165, 1.54) is 6.20 Å². The lowest BCUT2D eigenvalue weighted by Gasteiger charge is -2.16. The first kappa shape index (κ1) is 12.8. The molecule has 0 spiro atoms. The predicted octanol–water partition coefficient (Wildman–Crippen LogP) is 2.04. The highest BCUT2D eigenvalue weighted by Crippen LogP contribution is 2.22. The first-order chi connectivity index (χ1) is 7.56. The molecular weight excluding hydrogens is 226 g/mol. The van der Waals surface area contributed by atoms with Crippen LogP contribution in [-0.4, -0.2) is 22.7 Å². The number of nitriles is 1. The van der Waals surface area contributed by atoms with Gasteiger partial charge in [-0.3, -0.25) is 0 Å². The zero-order chi connectivity index (χ0) is 12.1. The van der Waals surface area contributed by atoms with Crippen molar-refractivity contribution in [3.63, 3.8) is 0 Å². The molecule has 0 saturated carbocycles. The van der Waals surface area contributed by atoms with E-state index in [0.29, 0.717) is 22.9 Å². The second kappa shape index (κ2) is 5.69. The number of hydrogen-bond donors (Lipinski definition) is 2. The number of aliphatic hydroxyl groups excluding tert-OH is 1. The minimum atomic E-state index is -0.469. The van der Waals surface area contributed by atoms with Gasteiger partial charge in [-0.15, -0.1) is 0 Å². The Morgan fingerprint density at radius 1 is 1.62 bits per heavy atom. The summed E-state index contributed by atoms with van der Waals surface area (Å²) in [4.78, 5) is 4.01. The highest BCUT2D eigenvalue weighted by atomic mass is 35.5. The van der Waals surface area contributed by atoms with Gasteiger partial charge in [0.2, 0.25) is 0 Å². The van der Waals surface area contributed by atoms with Gasteiger partial charge >= 0.3 is 0 Å². The van der Waals surface area contributed by atoms with Crippen LogP contribution in [0.4, 0.5) is 5.82 Å². The quantitative estimate of drug-likeness (QED) is 0.844. The molecule has 1 rings (SSSR count). The molecule has 0 aliphatic rings. The number of rotatable bonds is 4. The van der Waals surface area contributed by atoms with Gasteiger partial charge in [0.1, 0.15) is 16.9 Å². The maximum absolute atomic E-state index is 9.61. The Balaban J connectivity index is 2.72. The van der Waals surface area contributed by atoms with E-state index < -0.39 is 6.10 Å². The van der Waals surface area contributed by atoms with Crippen molar-refractivity contribution in [3.8, 4) is 6.07 Å². The van der Waals surface area contributed by atoms with E-state index in [1.54, 1.807) is 6.07 Å². The molecule has 1 aromatic rings. The Morgan fingerprint density at radius 2 is 2.31 bits per heavy atom. The smallest absolute Gasteiger partial charge is 0.146 e. The van der Waals surface area contributed by atoms with E-state index >= 15 is 0 Å². The largest absolute Gasteiger partial charge is 0.391 e. The van der Waals surface area contributed by atoms with E-state index in [9.17, 15) is 5.11 Å². The average molecular weight is 240 g/mol. The van der Waals surface area contributed by atoms with Crippen LogP contribution < -0.4 is 5.32 Å². The number of hydrogen-bond acceptors (Lipinski definition) is 4. The molecule has 16 heavy (non-hydrogen) atoms. The number of halogens is 1. The predicted molar refractivity (Wildman–Crippen MR) is 63.3 cm³/mol. The van der Waals surface area contributed by atoms with Crippen molar-refractivity contribution in [2.24, 2.45) is 5.92 Å². The molecular formula is C11H14ClN3O. The maximum atomic E-state index is 9.61. The molecule has 0 saturated heterocycles. The highest BCUT2D eigenvalue weighted by Gasteiger charge is 2.11. The van der Waals surface area contributed by atoms with Crippen molar-refractivity contribution in [2.45, 2.75) is 20.0 Å². The molecule has 0 radical (unpaired) electrons. The summed E-state index contributed by atoms with van der Waals surface area (Å²) in [6, 6.07) is 3.52. The summed E-state index contributed by atoms with van der Waals surface area (Å²) < 4.78 is 0. The summed E-state index contributed by atoms with van der Waals surface area (Å²) in [5, 5.41) is 21.6. The van der Waals surface area contributed by atoms with E-state index in [-0.39, 0.29) is 5.92 Å². The van der Waals surface area contributed by atoms with Crippen molar-refractivity contribution in [2.75, 3.05) is 11.9 Å². The molecule has 0 aliphatic carbocycles. The molecule has 1 aromatic heterocycles. The van der Waals surface area contributed by atoms with Gasteiger partial charge in [-0.25, -0.2) is 4.98 Å². The third-order valence-corrected chi connectivity index (χ3v) is 2.64. The number of pyridine rings is 1. The van der Waals surface area contributed by atoms with Gasteiger partial charge in [-0.2, -0.15) is 5.26 Å². The van der Waals surface area contributed by atoms with Crippen LogP contribution in [0.5, 0.6) is 0 Å². The number of aromatic nitrogens is 1. The Kier molecular flexibility index (Phi) is 4.53. The van der Waals surface area contributed by atoms with E-state index in [1.807, 2.05) is 19.9 Å². The first-order valence-corrected chi connectivity index (χ1v) is 5.40. The van der Waals surface area contributed by atoms with Crippen molar-refractivity contribution in [1.29, 1.82) is 5.26 Å². The molecule has 1 atom stereocenters. The van der Waals surface area contributed by atoms with Crippen LogP contribution >= 0.6 is 11.6 Å². The normalized spacial score (nSPS) is 12.2. The molecule has 1 unspecified atom stereocenters. The third-order valence-electron chi connectivity index (χ3n) is 2.26. The highest BCUT2D eigenvalue weighted by molar-refractivity contribution is 6.34. The number of aliphatic hydroxyl groups is 1. The molecule has 86 valence electrons. The standard InChI is InChI=1S/C11H14ClN3O/c1-7(2)9(16)6-15-11-10(12)8(5-13)3-4-14-11/h3-4,7,9,16H,6H2,1-2H3,(H,14,15). The molecule has 5 heteroatoms. The molecule has 0 amide bonds. The first-order valence-electron chi connectivity index (χ1n) is 5.02. The van der Waals surface area contributed by atoms with Crippen LogP contribution in [-0.2, 0) is 0 Å². The van der Waals surface area contributed by atoms with Gasteiger partial charge in [-0.05, 0) is 12.0 Å². The van der Waals surface area contributed by atoms with Crippen LogP contribution in [0.2, 0.25) is 5.02 Å². The maximum Gasteiger partial charge on any atom is 0.146 e. The Morgan fingerprint density at radius 3 is 2.88 bits per heavy atom. The summed E-state index contributed by atoms with van der Waals surface area (Å²) in [6.07, 6.45) is 1.04. The van der Waals surface area contributed by atoms with Crippen LogP contribution in [0.1, 0.15) is 19.4 Å². The molecule has 0 bridgehead atoms. The summed E-state index contributed by atoms with van der Waals surface area (Å²) in [5.41, 5.74) is 0.373. The van der Waals surface area contributed by atoms with Gasteiger partial charge in [0.15, 0.2) is 0 Å². The van der Waals surface area contributed by atoms with Crippen LogP contribution in [0.25, 0.3) is 0 Å². The monoisotopic (exact) mass is 239 g/mol. The second-order valence-electron chi connectivity index (χ2n) is 3.83. The van der Waals surface area contributed by atoms with Crippen LogP contribution in [0.3, 0.4) is 0 Å². The van der Waals surface area contributed by atoms with Crippen LogP contribution in [0.15, 0.2) is 12.3 Å². The zero-order valence-electron chi connectivity index (χ0n) is 9.24. The topological polar surface area (TPSA) is 68.9 Å². The average Bonchev–Trinajstić information content (AvgIpc) is 2.27.